The standard InChI is InChI=1S/C22H30N2O2/c1-22(2,16-26-5)18-12-13-19(20(15-18)24(3)4)23-21(25)14-11-17-9-7-6-8-10-17/h6-10,12-13,15H,11,14,16H2,1-5H3,(H,23,25). The highest BCUT2D eigenvalue weighted by atomic mass is 16.5. The highest BCUT2D eigenvalue weighted by Gasteiger charge is 2.22. The van der Waals surface area contributed by atoms with Gasteiger partial charge in [-0.2, -0.15) is 0 Å². The van der Waals surface area contributed by atoms with E-state index in [1.807, 2.05) is 55.4 Å². The number of ether oxygens (including phenoxy) is 1. The van der Waals surface area contributed by atoms with E-state index in [0.29, 0.717) is 13.0 Å². The van der Waals surface area contributed by atoms with Gasteiger partial charge in [0.25, 0.3) is 0 Å². The van der Waals surface area contributed by atoms with Gasteiger partial charge in [0.1, 0.15) is 0 Å². The summed E-state index contributed by atoms with van der Waals surface area (Å²) in [4.78, 5) is 14.4. The first-order chi connectivity index (χ1) is 12.3. The van der Waals surface area contributed by atoms with Crippen LogP contribution in [0.3, 0.4) is 0 Å². The molecule has 0 aromatic heterocycles. The van der Waals surface area contributed by atoms with Crippen LogP contribution in [0.1, 0.15) is 31.4 Å². The van der Waals surface area contributed by atoms with Gasteiger partial charge in [-0.05, 0) is 29.7 Å². The lowest BCUT2D eigenvalue weighted by atomic mass is 9.85. The average molecular weight is 354 g/mol. The van der Waals surface area contributed by atoms with Gasteiger partial charge >= 0.3 is 0 Å². The van der Waals surface area contributed by atoms with Crippen molar-refractivity contribution < 1.29 is 9.53 Å². The molecule has 0 bridgehead atoms. The number of anilines is 2. The summed E-state index contributed by atoms with van der Waals surface area (Å²) in [6.07, 6.45) is 1.21. The van der Waals surface area contributed by atoms with E-state index in [1.54, 1.807) is 7.11 Å². The number of carbonyl (C=O) groups is 1. The molecule has 0 aliphatic rings. The molecule has 0 radical (unpaired) electrons. The Morgan fingerprint density at radius 3 is 2.42 bits per heavy atom. The minimum atomic E-state index is -0.0879. The van der Waals surface area contributed by atoms with E-state index >= 15 is 0 Å². The largest absolute Gasteiger partial charge is 0.384 e. The molecule has 2 rings (SSSR count). The Morgan fingerprint density at radius 2 is 1.81 bits per heavy atom. The fraction of sp³-hybridized carbons (Fsp3) is 0.409. The topological polar surface area (TPSA) is 41.6 Å². The van der Waals surface area contributed by atoms with Crippen molar-refractivity contribution in [3.63, 3.8) is 0 Å². The molecule has 0 saturated heterocycles. The zero-order chi connectivity index (χ0) is 19.2. The maximum absolute atomic E-state index is 12.4. The lowest BCUT2D eigenvalue weighted by molar-refractivity contribution is -0.116. The number of hydrogen-bond acceptors (Lipinski definition) is 3. The second-order valence-electron chi connectivity index (χ2n) is 7.48. The molecule has 4 heteroatoms. The Kier molecular flexibility index (Phi) is 6.81. The third kappa shape index (κ3) is 5.33. The van der Waals surface area contributed by atoms with Crippen molar-refractivity contribution in [2.24, 2.45) is 0 Å². The third-order valence-electron chi connectivity index (χ3n) is 4.52. The van der Waals surface area contributed by atoms with Crippen LogP contribution in [0.25, 0.3) is 0 Å². The number of aryl methyl sites for hydroxylation is 1. The molecule has 0 atom stereocenters. The number of amides is 1. The number of rotatable bonds is 8. The second-order valence-corrected chi connectivity index (χ2v) is 7.48. The molecule has 0 saturated carbocycles. The predicted molar refractivity (Wildman–Crippen MR) is 109 cm³/mol. The van der Waals surface area contributed by atoms with Crippen LogP contribution in [0.2, 0.25) is 0 Å². The molecule has 1 N–H and O–H groups in total. The maximum atomic E-state index is 12.4. The van der Waals surface area contributed by atoms with Crippen molar-refractivity contribution >= 4 is 17.3 Å². The molecule has 140 valence electrons. The molecule has 0 spiro atoms. The summed E-state index contributed by atoms with van der Waals surface area (Å²) in [6, 6.07) is 16.3. The molecular formula is C22H30N2O2. The van der Waals surface area contributed by atoms with Gasteiger partial charge in [-0.15, -0.1) is 0 Å². The zero-order valence-electron chi connectivity index (χ0n) is 16.5. The third-order valence-corrected chi connectivity index (χ3v) is 4.52. The first-order valence-corrected chi connectivity index (χ1v) is 8.98. The molecular weight excluding hydrogens is 324 g/mol. The summed E-state index contributed by atoms with van der Waals surface area (Å²) in [5, 5.41) is 3.06. The maximum Gasteiger partial charge on any atom is 0.224 e. The van der Waals surface area contributed by atoms with Gasteiger partial charge in [0.2, 0.25) is 5.91 Å². The normalized spacial score (nSPS) is 11.3. The monoisotopic (exact) mass is 354 g/mol. The summed E-state index contributed by atoms with van der Waals surface area (Å²) < 4.78 is 5.35. The van der Waals surface area contributed by atoms with E-state index in [0.717, 1.165) is 17.8 Å². The van der Waals surface area contributed by atoms with Crippen LogP contribution >= 0.6 is 0 Å². The summed E-state index contributed by atoms with van der Waals surface area (Å²) in [6.45, 7) is 4.95. The van der Waals surface area contributed by atoms with E-state index < -0.39 is 0 Å². The quantitative estimate of drug-likeness (QED) is 0.770. The highest BCUT2D eigenvalue weighted by molar-refractivity contribution is 5.94. The molecule has 2 aromatic carbocycles. The second kappa shape index (κ2) is 8.86. The summed E-state index contributed by atoms with van der Waals surface area (Å²) >= 11 is 0. The minimum absolute atomic E-state index is 0.0286. The summed E-state index contributed by atoms with van der Waals surface area (Å²) in [7, 11) is 5.69. The number of benzene rings is 2. The molecule has 4 nitrogen and oxygen atoms in total. The van der Waals surface area contributed by atoms with Crippen LogP contribution in [0, 0.1) is 0 Å². The Labute approximate surface area is 157 Å². The number of carbonyl (C=O) groups excluding carboxylic acids is 1. The molecule has 26 heavy (non-hydrogen) atoms. The Bertz CT molecular complexity index is 724. The summed E-state index contributed by atoms with van der Waals surface area (Å²) in [5.41, 5.74) is 4.11. The van der Waals surface area contributed by atoms with Crippen molar-refractivity contribution in [3.05, 3.63) is 59.7 Å². The molecule has 0 aliphatic carbocycles. The van der Waals surface area contributed by atoms with Gasteiger partial charge in [-0.1, -0.05) is 50.2 Å². The highest BCUT2D eigenvalue weighted by Crippen LogP contribution is 2.32. The lowest BCUT2D eigenvalue weighted by Crippen LogP contribution is -2.24. The van der Waals surface area contributed by atoms with Crippen LogP contribution in [0.15, 0.2) is 48.5 Å². The van der Waals surface area contributed by atoms with Crippen LogP contribution in [-0.4, -0.2) is 33.7 Å². The van der Waals surface area contributed by atoms with Crippen LogP contribution in [0.4, 0.5) is 11.4 Å². The van der Waals surface area contributed by atoms with Crippen LogP contribution in [-0.2, 0) is 21.4 Å². The van der Waals surface area contributed by atoms with E-state index in [4.69, 9.17) is 4.74 Å². The molecule has 0 heterocycles. The minimum Gasteiger partial charge on any atom is -0.384 e. The Hall–Kier alpha value is -2.33. The number of nitrogens with one attached hydrogen (secondary N) is 1. The van der Waals surface area contributed by atoms with Crippen molar-refractivity contribution in [1.82, 2.24) is 0 Å². The van der Waals surface area contributed by atoms with Crippen molar-refractivity contribution in [3.8, 4) is 0 Å². The smallest absolute Gasteiger partial charge is 0.224 e. The lowest BCUT2D eigenvalue weighted by Gasteiger charge is -2.27. The first kappa shape index (κ1) is 20.0. The van der Waals surface area contributed by atoms with Gasteiger partial charge in [0.05, 0.1) is 18.0 Å². The molecule has 0 aliphatic heterocycles. The van der Waals surface area contributed by atoms with Crippen LogP contribution in [0.5, 0.6) is 0 Å². The van der Waals surface area contributed by atoms with Crippen molar-refractivity contribution in [2.75, 3.05) is 38.0 Å². The van der Waals surface area contributed by atoms with E-state index in [2.05, 4.69) is 31.3 Å². The summed E-state index contributed by atoms with van der Waals surface area (Å²) in [5.74, 6) is 0.0286. The first-order valence-electron chi connectivity index (χ1n) is 8.98. The van der Waals surface area contributed by atoms with Gasteiger partial charge in [0, 0.05) is 33.0 Å². The van der Waals surface area contributed by atoms with Crippen molar-refractivity contribution in [2.45, 2.75) is 32.1 Å². The SMILES string of the molecule is COCC(C)(C)c1ccc(NC(=O)CCc2ccccc2)c(N(C)C)c1. The van der Waals surface area contributed by atoms with E-state index in [-0.39, 0.29) is 11.3 Å². The molecule has 0 fully saturated rings. The number of hydrogen-bond donors (Lipinski definition) is 1. The Balaban J connectivity index is 2.11. The fourth-order valence-electron chi connectivity index (χ4n) is 2.99. The van der Waals surface area contributed by atoms with Gasteiger partial charge in [-0.3, -0.25) is 4.79 Å². The van der Waals surface area contributed by atoms with E-state index in [1.165, 1.54) is 11.1 Å². The molecule has 1 amide bonds. The molecule has 2 aromatic rings. The van der Waals surface area contributed by atoms with E-state index in [9.17, 15) is 4.79 Å². The number of methoxy groups -OCH3 is 1. The van der Waals surface area contributed by atoms with Gasteiger partial charge in [-0.25, -0.2) is 0 Å². The average Bonchev–Trinajstić information content (AvgIpc) is 2.61. The van der Waals surface area contributed by atoms with Gasteiger partial charge in [0.15, 0.2) is 0 Å². The van der Waals surface area contributed by atoms with Gasteiger partial charge < -0.3 is 15.0 Å². The zero-order valence-corrected chi connectivity index (χ0v) is 16.5. The molecule has 0 unspecified atom stereocenters. The fourth-order valence-corrected chi connectivity index (χ4v) is 2.99. The van der Waals surface area contributed by atoms with Crippen molar-refractivity contribution in [1.29, 1.82) is 0 Å². The predicted octanol–water partition coefficient (Wildman–Crippen LogP) is 4.25. The number of nitrogens with zero attached hydrogens (tertiary/aromatic N) is 1. The Morgan fingerprint density at radius 1 is 1.12 bits per heavy atom. The van der Waals surface area contributed by atoms with Crippen LogP contribution < -0.4 is 10.2 Å².